The van der Waals surface area contributed by atoms with E-state index in [-0.39, 0.29) is 5.91 Å². The lowest BCUT2D eigenvalue weighted by atomic mass is 10.2. The summed E-state index contributed by atoms with van der Waals surface area (Å²) in [6, 6.07) is 12.5. The van der Waals surface area contributed by atoms with E-state index in [1.54, 1.807) is 30.3 Å². The second-order valence-electron chi connectivity index (χ2n) is 4.38. The molecule has 2 aromatic rings. The van der Waals surface area contributed by atoms with Crippen LogP contribution in [-0.4, -0.2) is 12.5 Å². The molecule has 104 valence electrons. The number of nitrogens with one attached hydrogen (secondary N) is 1. The summed E-state index contributed by atoms with van der Waals surface area (Å²) in [5.41, 5.74) is 2.23. The van der Waals surface area contributed by atoms with Gasteiger partial charge in [0.2, 0.25) is 0 Å². The Labute approximate surface area is 123 Å². The van der Waals surface area contributed by atoms with Gasteiger partial charge >= 0.3 is 0 Å². The van der Waals surface area contributed by atoms with E-state index in [1.807, 2.05) is 26.0 Å². The van der Waals surface area contributed by atoms with Gasteiger partial charge in [-0.2, -0.15) is 0 Å². The van der Waals surface area contributed by atoms with E-state index in [9.17, 15) is 4.79 Å². The number of hydrogen-bond donors (Lipinski definition) is 1. The van der Waals surface area contributed by atoms with Gasteiger partial charge in [-0.1, -0.05) is 17.7 Å². The zero-order valence-corrected chi connectivity index (χ0v) is 12.2. The summed E-state index contributed by atoms with van der Waals surface area (Å²) in [6.07, 6.45) is 0. The molecule has 0 spiro atoms. The normalized spacial score (nSPS) is 10.2. The van der Waals surface area contributed by atoms with Gasteiger partial charge in [0.25, 0.3) is 5.91 Å². The van der Waals surface area contributed by atoms with Gasteiger partial charge < -0.3 is 10.1 Å². The summed E-state index contributed by atoms with van der Waals surface area (Å²) >= 11 is 6.03. The molecule has 1 amide bonds. The van der Waals surface area contributed by atoms with Crippen molar-refractivity contribution in [2.45, 2.75) is 13.8 Å². The molecule has 0 fully saturated rings. The van der Waals surface area contributed by atoms with Crippen molar-refractivity contribution in [1.82, 2.24) is 0 Å². The van der Waals surface area contributed by atoms with E-state index in [2.05, 4.69) is 5.32 Å². The SMILES string of the molecule is CCOc1ccc(C(=O)Nc2ccc(C)c(Cl)c2)cc1. The minimum atomic E-state index is -0.173. The van der Waals surface area contributed by atoms with Crippen molar-refractivity contribution in [3.63, 3.8) is 0 Å². The molecule has 3 nitrogen and oxygen atoms in total. The van der Waals surface area contributed by atoms with E-state index in [0.717, 1.165) is 11.3 Å². The predicted octanol–water partition coefficient (Wildman–Crippen LogP) is 4.30. The number of aryl methyl sites for hydroxylation is 1. The summed E-state index contributed by atoms with van der Waals surface area (Å²) in [4.78, 5) is 12.1. The summed E-state index contributed by atoms with van der Waals surface area (Å²) in [5, 5.41) is 3.45. The molecule has 0 aromatic heterocycles. The van der Waals surface area contributed by atoms with E-state index in [0.29, 0.717) is 22.9 Å². The second kappa shape index (κ2) is 6.44. The maximum Gasteiger partial charge on any atom is 0.255 e. The molecule has 0 saturated carbocycles. The highest BCUT2D eigenvalue weighted by Crippen LogP contribution is 2.21. The lowest BCUT2D eigenvalue weighted by Crippen LogP contribution is -2.11. The number of hydrogen-bond acceptors (Lipinski definition) is 2. The van der Waals surface area contributed by atoms with E-state index >= 15 is 0 Å². The molecule has 4 heteroatoms. The van der Waals surface area contributed by atoms with Crippen molar-refractivity contribution < 1.29 is 9.53 Å². The van der Waals surface area contributed by atoms with Crippen LogP contribution < -0.4 is 10.1 Å². The van der Waals surface area contributed by atoms with Crippen LogP contribution in [0.25, 0.3) is 0 Å². The Balaban J connectivity index is 2.09. The second-order valence-corrected chi connectivity index (χ2v) is 4.78. The topological polar surface area (TPSA) is 38.3 Å². The molecule has 0 atom stereocenters. The highest BCUT2D eigenvalue weighted by Gasteiger charge is 2.07. The average molecular weight is 290 g/mol. The smallest absolute Gasteiger partial charge is 0.255 e. The molecule has 0 radical (unpaired) electrons. The largest absolute Gasteiger partial charge is 0.494 e. The quantitative estimate of drug-likeness (QED) is 0.911. The Kier molecular flexibility index (Phi) is 4.64. The van der Waals surface area contributed by atoms with Gasteiger partial charge in [-0.05, 0) is 55.8 Å². The third-order valence-corrected chi connectivity index (χ3v) is 3.26. The van der Waals surface area contributed by atoms with Gasteiger partial charge in [-0.3, -0.25) is 4.79 Å². The summed E-state index contributed by atoms with van der Waals surface area (Å²) < 4.78 is 5.34. The van der Waals surface area contributed by atoms with Gasteiger partial charge in [-0.25, -0.2) is 0 Å². The van der Waals surface area contributed by atoms with Crippen LogP contribution in [-0.2, 0) is 0 Å². The van der Waals surface area contributed by atoms with Gasteiger partial charge in [0, 0.05) is 16.3 Å². The van der Waals surface area contributed by atoms with Gasteiger partial charge in [0.1, 0.15) is 5.75 Å². The Morgan fingerprint density at radius 2 is 1.90 bits per heavy atom. The third kappa shape index (κ3) is 3.52. The number of ether oxygens (including phenoxy) is 1. The first-order valence-corrected chi connectivity index (χ1v) is 6.78. The summed E-state index contributed by atoms with van der Waals surface area (Å²) in [7, 11) is 0. The first kappa shape index (κ1) is 14.4. The van der Waals surface area contributed by atoms with Crippen LogP contribution in [0.3, 0.4) is 0 Å². The molecule has 0 aliphatic heterocycles. The third-order valence-electron chi connectivity index (χ3n) is 2.86. The molecule has 2 rings (SSSR count). The molecule has 0 aliphatic carbocycles. The molecular formula is C16H16ClNO2. The van der Waals surface area contributed by atoms with Crippen molar-refractivity contribution in [2.75, 3.05) is 11.9 Å². The Morgan fingerprint density at radius 1 is 1.20 bits per heavy atom. The molecule has 0 bridgehead atoms. The zero-order valence-electron chi connectivity index (χ0n) is 11.4. The lowest BCUT2D eigenvalue weighted by Gasteiger charge is -2.08. The minimum Gasteiger partial charge on any atom is -0.494 e. The highest BCUT2D eigenvalue weighted by atomic mass is 35.5. The molecule has 0 saturated heterocycles. The average Bonchev–Trinajstić information content (AvgIpc) is 2.44. The number of rotatable bonds is 4. The molecule has 0 unspecified atom stereocenters. The van der Waals surface area contributed by atoms with Gasteiger partial charge in [-0.15, -0.1) is 0 Å². The predicted molar refractivity (Wildman–Crippen MR) is 81.8 cm³/mol. The number of carbonyl (C=O) groups excluding carboxylic acids is 1. The molecule has 2 aromatic carbocycles. The van der Waals surface area contributed by atoms with E-state index in [1.165, 1.54) is 0 Å². The zero-order chi connectivity index (χ0) is 14.5. The van der Waals surface area contributed by atoms with Crippen LogP contribution in [0.1, 0.15) is 22.8 Å². The fraction of sp³-hybridized carbons (Fsp3) is 0.188. The summed E-state index contributed by atoms with van der Waals surface area (Å²) in [6.45, 7) is 4.44. The molecule has 0 aliphatic rings. The number of amides is 1. The standard InChI is InChI=1S/C16H16ClNO2/c1-3-20-14-8-5-12(6-9-14)16(19)18-13-7-4-11(2)15(17)10-13/h4-10H,3H2,1-2H3,(H,18,19). The number of anilines is 1. The van der Waals surface area contributed by atoms with Crippen LogP contribution in [0.5, 0.6) is 5.75 Å². The van der Waals surface area contributed by atoms with Crippen LogP contribution in [0, 0.1) is 6.92 Å². The maximum absolute atomic E-state index is 12.1. The van der Waals surface area contributed by atoms with Crippen molar-refractivity contribution in [3.8, 4) is 5.75 Å². The Bertz CT molecular complexity index is 608. The fourth-order valence-corrected chi connectivity index (χ4v) is 1.92. The van der Waals surface area contributed by atoms with Crippen LogP contribution in [0.4, 0.5) is 5.69 Å². The van der Waals surface area contributed by atoms with Crippen LogP contribution in [0.15, 0.2) is 42.5 Å². The number of benzene rings is 2. The fourth-order valence-electron chi connectivity index (χ4n) is 1.74. The van der Waals surface area contributed by atoms with Crippen molar-refractivity contribution >= 4 is 23.2 Å². The summed E-state index contributed by atoms with van der Waals surface area (Å²) in [5.74, 6) is 0.579. The first-order valence-electron chi connectivity index (χ1n) is 6.40. The monoisotopic (exact) mass is 289 g/mol. The molecule has 0 heterocycles. The Morgan fingerprint density at radius 3 is 2.50 bits per heavy atom. The first-order chi connectivity index (χ1) is 9.60. The number of carbonyl (C=O) groups is 1. The van der Waals surface area contributed by atoms with Gasteiger partial charge in [0.05, 0.1) is 6.61 Å². The number of halogens is 1. The van der Waals surface area contributed by atoms with Crippen molar-refractivity contribution in [3.05, 3.63) is 58.6 Å². The van der Waals surface area contributed by atoms with Crippen molar-refractivity contribution in [1.29, 1.82) is 0 Å². The van der Waals surface area contributed by atoms with E-state index < -0.39 is 0 Å². The molecule has 1 N–H and O–H groups in total. The van der Waals surface area contributed by atoms with E-state index in [4.69, 9.17) is 16.3 Å². The molecule has 20 heavy (non-hydrogen) atoms. The minimum absolute atomic E-state index is 0.173. The molecular weight excluding hydrogens is 274 g/mol. The Hall–Kier alpha value is -2.00. The lowest BCUT2D eigenvalue weighted by molar-refractivity contribution is 0.102. The van der Waals surface area contributed by atoms with Crippen LogP contribution in [0.2, 0.25) is 5.02 Å². The van der Waals surface area contributed by atoms with Gasteiger partial charge in [0.15, 0.2) is 0 Å². The maximum atomic E-state index is 12.1. The highest BCUT2D eigenvalue weighted by molar-refractivity contribution is 6.31. The van der Waals surface area contributed by atoms with Crippen molar-refractivity contribution in [2.24, 2.45) is 0 Å². The van der Waals surface area contributed by atoms with Crippen LogP contribution >= 0.6 is 11.6 Å².